The van der Waals surface area contributed by atoms with Crippen LogP contribution >= 0.6 is 15.9 Å². The second kappa shape index (κ2) is 6.33. The first-order valence-electron chi connectivity index (χ1n) is 5.08. The maximum absolute atomic E-state index is 13.6. The smallest absolute Gasteiger partial charge is 0.129 e. The molecule has 0 N–H and O–H groups in total. The minimum absolute atomic E-state index is 0.248. The van der Waals surface area contributed by atoms with Gasteiger partial charge in [-0.05, 0) is 13.0 Å². The Morgan fingerprint density at radius 1 is 1.31 bits per heavy atom. The minimum atomic E-state index is -0.663. The van der Waals surface area contributed by atoms with Gasteiger partial charge in [0.2, 0.25) is 0 Å². The average molecular weight is 291 g/mol. The number of alkyl halides is 1. The first-order valence-corrected chi connectivity index (χ1v) is 6.20. The molecule has 0 bridgehead atoms. The van der Waals surface area contributed by atoms with Gasteiger partial charge in [0.25, 0.3) is 0 Å². The maximum Gasteiger partial charge on any atom is 0.129 e. The zero-order valence-electron chi connectivity index (χ0n) is 9.50. The van der Waals surface area contributed by atoms with E-state index >= 15 is 0 Å². The quantitative estimate of drug-likeness (QED) is 0.592. The van der Waals surface area contributed by atoms with Gasteiger partial charge in [-0.1, -0.05) is 34.1 Å². The van der Waals surface area contributed by atoms with Crippen LogP contribution in [0.4, 0.5) is 4.39 Å². The van der Waals surface area contributed by atoms with E-state index in [1.807, 2.05) is 6.92 Å². The fraction of sp³-hybridized carbons (Fsp3) is 0.500. The van der Waals surface area contributed by atoms with Crippen molar-refractivity contribution >= 4 is 15.9 Å². The molecule has 0 spiro atoms. The van der Waals surface area contributed by atoms with Gasteiger partial charge in [0.05, 0.1) is 13.2 Å². The second-order valence-corrected chi connectivity index (χ2v) is 4.25. The molecule has 0 aliphatic heterocycles. The van der Waals surface area contributed by atoms with Crippen LogP contribution in [0.25, 0.3) is 0 Å². The highest BCUT2D eigenvalue weighted by Crippen LogP contribution is 2.29. The van der Waals surface area contributed by atoms with Crippen LogP contribution in [0.1, 0.15) is 12.5 Å². The molecule has 1 atom stereocenters. The Morgan fingerprint density at radius 2 is 2.00 bits per heavy atom. The summed E-state index contributed by atoms with van der Waals surface area (Å²) in [6, 6.07) is 6.65. The molecule has 1 aromatic carbocycles. The zero-order valence-corrected chi connectivity index (χ0v) is 11.1. The van der Waals surface area contributed by atoms with E-state index in [4.69, 9.17) is 9.47 Å². The molecule has 0 saturated carbocycles. The summed E-state index contributed by atoms with van der Waals surface area (Å²) in [5.74, 6) is -0.248. The summed E-state index contributed by atoms with van der Waals surface area (Å²) in [6.07, 6.45) is 0. The Hall–Kier alpha value is -0.450. The van der Waals surface area contributed by atoms with Crippen LogP contribution in [-0.2, 0) is 15.1 Å². The van der Waals surface area contributed by atoms with E-state index in [2.05, 4.69) is 15.9 Å². The number of methoxy groups -OCH3 is 1. The van der Waals surface area contributed by atoms with E-state index in [1.165, 1.54) is 6.07 Å². The summed E-state index contributed by atoms with van der Waals surface area (Å²) in [4.78, 5) is 0. The number of hydrogen-bond acceptors (Lipinski definition) is 2. The van der Waals surface area contributed by atoms with Gasteiger partial charge >= 0.3 is 0 Å². The van der Waals surface area contributed by atoms with E-state index in [0.717, 1.165) is 0 Å². The summed E-state index contributed by atoms with van der Waals surface area (Å²) < 4.78 is 24.2. The van der Waals surface area contributed by atoms with E-state index in [9.17, 15) is 4.39 Å². The Kier molecular flexibility index (Phi) is 5.38. The number of ether oxygens (including phenoxy) is 2. The second-order valence-electron chi connectivity index (χ2n) is 3.69. The standard InChI is InChI=1S/C12H16BrFO2/c1-12(9-13,16-8-7-15-2)10-5-3-4-6-11(10)14/h3-6H,7-9H2,1-2H3. The van der Waals surface area contributed by atoms with Crippen LogP contribution in [0.5, 0.6) is 0 Å². The van der Waals surface area contributed by atoms with Gasteiger partial charge in [0, 0.05) is 18.0 Å². The lowest BCUT2D eigenvalue weighted by Crippen LogP contribution is -2.30. The van der Waals surface area contributed by atoms with Gasteiger partial charge < -0.3 is 9.47 Å². The lowest BCUT2D eigenvalue weighted by Gasteiger charge is -2.28. The predicted molar refractivity (Wildman–Crippen MR) is 65.4 cm³/mol. The fourth-order valence-corrected chi connectivity index (χ4v) is 1.89. The van der Waals surface area contributed by atoms with Crippen molar-refractivity contribution in [2.75, 3.05) is 25.7 Å². The SMILES string of the molecule is COCCOC(C)(CBr)c1ccccc1F. The van der Waals surface area contributed by atoms with Crippen LogP contribution in [0.15, 0.2) is 24.3 Å². The lowest BCUT2D eigenvalue weighted by atomic mass is 9.97. The van der Waals surface area contributed by atoms with Crippen LogP contribution < -0.4 is 0 Å². The van der Waals surface area contributed by atoms with Gasteiger partial charge in [-0.15, -0.1) is 0 Å². The number of halogens is 2. The molecule has 1 aromatic rings. The van der Waals surface area contributed by atoms with E-state index in [0.29, 0.717) is 24.1 Å². The third kappa shape index (κ3) is 3.27. The molecular formula is C12H16BrFO2. The highest BCUT2D eigenvalue weighted by Gasteiger charge is 2.28. The molecule has 0 amide bonds. The molecule has 0 aliphatic carbocycles. The lowest BCUT2D eigenvalue weighted by molar-refractivity contribution is -0.0409. The third-order valence-electron chi connectivity index (χ3n) is 2.41. The Labute approximate surface area is 104 Å². The summed E-state index contributed by atoms with van der Waals surface area (Å²) in [7, 11) is 1.61. The van der Waals surface area contributed by atoms with Crippen molar-refractivity contribution in [1.82, 2.24) is 0 Å². The molecule has 0 aliphatic rings. The number of hydrogen-bond donors (Lipinski definition) is 0. The van der Waals surface area contributed by atoms with Crippen LogP contribution in [-0.4, -0.2) is 25.7 Å². The average Bonchev–Trinajstić information content (AvgIpc) is 2.30. The van der Waals surface area contributed by atoms with Gasteiger partial charge in [-0.3, -0.25) is 0 Å². The molecule has 16 heavy (non-hydrogen) atoms. The van der Waals surface area contributed by atoms with Crippen molar-refractivity contribution in [3.8, 4) is 0 Å². The molecule has 0 radical (unpaired) electrons. The van der Waals surface area contributed by atoms with E-state index in [-0.39, 0.29) is 5.82 Å². The molecule has 0 heterocycles. The summed E-state index contributed by atoms with van der Waals surface area (Å²) >= 11 is 3.36. The van der Waals surface area contributed by atoms with Crippen molar-refractivity contribution in [2.45, 2.75) is 12.5 Å². The molecule has 4 heteroatoms. The summed E-state index contributed by atoms with van der Waals surface area (Å²) in [6.45, 7) is 2.79. The summed E-state index contributed by atoms with van der Waals surface area (Å²) in [5.41, 5.74) is -0.105. The van der Waals surface area contributed by atoms with Gasteiger partial charge in [-0.2, -0.15) is 0 Å². The molecule has 90 valence electrons. The first-order chi connectivity index (χ1) is 7.64. The van der Waals surface area contributed by atoms with Crippen LogP contribution in [0.3, 0.4) is 0 Å². The van der Waals surface area contributed by atoms with Gasteiger partial charge in [-0.25, -0.2) is 4.39 Å². The molecular weight excluding hydrogens is 275 g/mol. The van der Waals surface area contributed by atoms with Crippen molar-refractivity contribution in [2.24, 2.45) is 0 Å². The maximum atomic E-state index is 13.6. The Balaban J connectivity index is 2.83. The fourth-order valence-electron chi connectivity index (χ4n) is 1.43. The molecule has 1 unspecified atom stereocenters. The number of benzene rings is 1. The van der Waals surface area contributed by atoms with Crippen molar-refractivity contribution in [3.63, 3.8) is 0 Å². The van der Waals surface area contributed by atoms with Crippen molar-refractivity contribution in [3.05, 3.63) is 35.6 Å². The number of rotatable bonds is 6. The van der Waals surface area contributed by atoms with E-state index in [1.54, 1.807) is 25.3 Å². The monoisotopic (exact) mass is 290 g/mol. The van der Waals surface area contributed by atoms with Crippen molar-refractivity contribution in [1.29, 1.82) is 0 Å². The largest absolute Gasteiger partial charge is 0.382 e. The Morgan fingerprint density at radius 3 is 2.56 bits per heavy atom. The highest BCUT2D eigenvalue weighted by molar-refractivity contribution is 9.09. The first kappa shape index (κ1) is 13.6. The normalized spacial score (nSPS) is 14.8. The van der Waals surface area contributed by atoms with Crippen molar-refractivity contribution < 1.29 is 13.9 Å². The highest BCUT2D eigenvalue weighted by atomic mass is 79.9. The molecule has 0 saturated heterocycles. The van der Waals surface area contributed by atoms with E-state index < -0.39 is 5.60 Å². The van der Waals surface area contributed by atoms with Crippen LogP contribution in [0.2, 0.25) is 0 Å². The predicted octanol–water partition coefficient (Wildman–Crippen LogP) is 3.10. The molecule has 1 rings (SSSR count). The van der Waals surface area contributed by atoms with Gasteiger partial charge in [0.15, 0.2) is 0 Å². The Bertz CT molecular complexity index is 333. The molecule has 0 aromatic heterocycles. The molecule has 0 fully saturated rings. The third-order valence-corrected chi connectivity index (χ3v) is 3.48. The molecule has 2 nitrogen and oxygen atoms in total. The van der Waals surface area contributed by atoms with Gasteiger partial charge in [0.1, 0.15) is 11.4 Å². The zero-order chi connectivity index (χ0) is 12.0. The summed E-state index contributed by atoms with van der Waals surface area (Å²) in [5, 5.41) is 0.532. The minimum Gasteiger partial charge on any atom is -0.382 e. The van der Waals surface area contributed by atoms with Crippen LogP contribution in [0, 0.1) is 5.82 Å². The topological polar surface area (TPSA) is 18.5 Å².